The molecule has 262 valence electrons. The van der Waals surface area contributed by atoms with E-state index < -0.39 is 0 Å². The average molecular weight is 717 g/mol. The molecule has 2 aliphatic rings. The van der Waals surface area contributed by atoms with Gasteiger partial charge in [0, 0.05) is 28.1 Å². The molecule has 12 rings (SSSR count). The summed E-state index contributed by atoms with van der Waals surface area (Å²) in [5.41, 5.74) is 10.5. The zero-order valence-corrected chi connectivity index (χ0v) is 30.2. The molecule has 56 heavy (non-hydrogen) atoms. The van der Waals surface area contributed by atoms with Crippen molar-refractivity contribution in [2.45, 2.75) is 12.0 Å². The highest BCUT2D eigenvalue weighted by Crippen LogP contribution is 2.56. The van der Waals surface area contributed by atoms with Crippen LogP contribution in [0, 0.1) is 0 Å². The van der Waals surface area contributed by atoms with Crippen molar-refractivity contribution in [2.24, 2.45) is 0 Å². The molecule has 0 bridgehead atoms. The van der Waals surface area contributed by atoms with Crippen molar-refractivity contribution in [1.29, 1.82) is 0 Å². The quantitative estimate of drug-likeness (QED) is 0.181. The fourth-order valence-corrected chi connectivity index (χ4v) is 9.21. The number of aromatic nitrogens is 3. The van der Waals surface area contributed by atoms with Crippen molar-refractivity contribution < 1.29 is 4.42 Å². The maximum Gasteiger partial charge on any atom is 0.167 e. The van der Waals surface area contributed by atoms with Crippen molar-refractivity contribution >= 4 is 60.9 Å². The van der Waals surface area contributed by atoms with Gasteiger partial charge in [-0.1, -0.05) is 158 Å². The van der Waals surface area contributed by atoms with Gasteiger partial charge in [0.15, 0.2) is 17.5 Å². The minimum atomic E-state index is 0.0474. The number of benzene rings is 8. The molecule has 2 unspecified atom stereocenters. The van der Waals surface area contributed by atoms with Gasteiger partial charge in [0.1, 0.15) is 11.2 Å². The van der Waals surface area contributed by atoms with E-state index in [-0.39, 0.29) is 12.0 Å². The molecule has 2 aromatic heterocycles. The first-order chi connectivity index (χ1) is 27.8. The number of furan rings is 1. The molecule has 0 N–H and O–H groups in total. The highest BCUT2D eigenvalue weighted by atomic mass is 16.3. The number of hydrogen-bond acceptors (Lipinski definition) is 5. The molecule has 2 atom stereocenters. The number of anilines is 2. The van der Waals surface area contributed by atoms with E-state index in [1.165, 1.54) is 33.2 Å². The van der Waals surface area contributed by atoms with Crippen LogP contribution in [0.25, 0.3) is 83.7 Å². The van der Waals surface area contributed by atoms with E-state index in [4.69, 9.17) is 19.4 Å². The molecule has 5 nitrogen and oxygen atoms in total. The molecular weight excluding hydrogens is 685 g/mol. The van der Waals surface area contributed by atoms with Gasteiger partial charge in [-0.15, -0.1) is 0 Å². The van der Waals surface area contributed by atoms with Crippen LogP contribution in [0.3, 0.4) is 0 Å². The summed E-state index contributed by atoms with van der Waals surface area (Å²) in [6, 6.07) is 59.8. The fraction of sp³-hybridized carbons (Fsp3) is 0.0392. The van der Waals surface area contributed by atoms with E-state index >= 15 is 0 Å². The predicted molar refractivity (Wildman–Crippen MR) is 228 cm³/mol. The van der Waals surface area contributed by atoms with Gasteiger partial charge in [-0.05, 0) is 62.5 Å². The lowest BCUT2D eigenvalue weighted by Crippen LogP contribution is -2.30. The minimum Gasteiger partial charge on any atom is -0.455 e. The Hall–Kier alpha value is -7.37. The van der Waals surface area contributed by atoms with Crippen LogP contribution in [0.1, 0.15) is 22.6 Å². The second-order valence-electron chi connectivity index (χ2n) is 14.7. The highest BCUT2D eigenvalue weighted by molar-refractivity contribution is 6.25. The third kappa shape index (κ3) is 4.58. The highest BCUT2D eigenvalue weighted by Gasteiger charge is 2.43. The van der Waals surface area contributed by atoms with Gasteiger partial charge in [-0.2, -0.15) is 0 Å². The molecule has 1 aliphatic heterocycles. The van der Waals surface area contributed by atoms with Gasteiger partial charge in [-0.3, -0.25) is 0 Å². The molecule has 0 saturated heterocycles. The van der Waals surface area contributed by atoms with E-state index in [0.29, 0.717) is 17.5 Å². The average Bonchev–Trinajstić information content (AvgIpc) is 3.84. The van der Waals surface area contributed by atoms with Crippen LogP contribution in [-0.4, -0.2) is 21.0 Å². The summed E-state index contributed by atoms with van der Waals surface area (Å²) in [7, 11) is 0. The molecule has 8 aromatic carbocycles. The van der Waals surface area contributed by atoms with Crippen LogP contribution < -0.4 is 4.90 Å². The summed E-state index contributed by atoms with van der Waals surface area (Å²) >= 11 is 0. The van der Waals surface area contributed by atoms with Gasteiger partial charge in [-0.25, -0.2) is 15.0 Å². The van der Waals surface area contributed by atoms with E-state index in [1.807, 2.05) is 60.7 Å². The van der Waals surface area contributed by atoms with Crippen molar-refractivity contribution in [1.82, 2.24) is 15.0 Å². The largest absolute Gasteiger partial charge is 0.455 e. The fourth-order valence-electron chi connectivity index (χ4n) is 9.21. The van der Waals surface area contributed by atoms with Crippen LogP contribution in [0.15, 0.2) is 180 Å². The van der Waals surface area contributed by atoms with Crippen LogP contribution >= 0.6 is 0 Å². The van der Waals surface area contributed by atoms with Crippen LogP contribution in [0.5, 0.6) is 0 Å². The molecule has 0 amide bonds. The standard InChI is InChI=1S/C51H32N4O/c1-3-16-34(17-4-1)49-52-50(35-18-5-2-6-19-35)54-51(53-49)39-26-29-42(47-46-38-22-12-9-15-33(38)25-30-43(46)56-48(39)47)55-40-27-23-31-13-7-10-20-36(31)44(40)45-37-21-11-8-14-32(37)24-28-41(45)55/h1-30,40,44H. The first kappa shape index (κ1) is 31.0. The summed E-state index contributed by atoms with van der Waals surface area (Å²) in [5, 5.41) is 6.97. The Bertz CT molecular complexity index is 3170. The Morgan fingerprint density at radius 1 is 0.482 bits per heavy atom. The number of nitrogens with zero attached hydrogens (tertiary/aromatic N) is 4. The van der Waals surface area contributed by atoms with Crippen LogP contribution in [0.4, 0.5) is 11.4 Å². The SMILES string of the molecule is C1=CC2C(c3ccccc31)c1c(ccc3ccccc13)N2c1ccc(-c2nc(-c3ccccc3)nc(-c3ccccc3)n2)c2oc3ccc4ccccc4c3c12. The predicted octanol–water partition coefficient (Wildman–Crippen LogP) is 12.8. The maximum atomic E-state index is 7.04. The van der Waals surface area contributed by atoms with Crippen molar-refractivity contribution in [3.05, 3.63) is 193 Å². The third-order valence-corrected chi connectivity index (χ3v) is 11.7. The molecular formula is C51H32N4O. The Morgan fingerprint density at radius 3 is 1.86 bits per heavy atom. The normalized spacial score (nSPS) is 15.8. The summed E-state index contributed by atoms with van der Waals surface area (Å²) in [6.07, 6.45) is 4.69. The summed E-state index contributed by atoms with van der Waals surface area (Å²) in [4.78, 5) is 17.9. The third-order valence-electron chi connectivity index (χ3n) is 11.7. The van der Waals surface area contributed by atoms with Crippen LogP contribution in [0.2, 0.25) is 0 Å². The second kappa shape index (κ2) is 12.1. The lowest BCUT2D eigenvalue weighted by molar-refractivity contribution is 0.669. The van der Waals surface area contributed by atoms with Gasteiger partial charge in [0.25, 0.3) is 0 Å². The lowest BCUT2D eigenvalue weighted by Gasteiger charge is -2.32. The van der Waals surface area contributed by atoms with E-state index in [0.717, 1.165) is 55.1 Å². The Morgan fingerprint density at radius 2 is 1.09 bits per heavy atom. The first-order valence-electron chi connectivity index (χ1n) is 19.1. The molecule has 1 aliphatic carbocycles. The molecule has 3 heterocycles. The Kier molecular flexibility index (Phi) is 6.69. The summed E-state index contributed by atoms with van der Waals surface area (Å²) in [6.45, 7) is 0. The molecule has 10 aromatic rings. The second-order valence-corrected chi connectivity index (χ2v) is 14.7. The lowest BCUT2D eigenvalue weighted by atomic mass is 9.80. The zero-order chi connectivity index (χ0) is 36.7. The van der Waals surface area contributed by atoms with Crippen LogP contribution in [-0.2, 0) is 0 Å². The molecule has 0 saturated carbocycles. The topological polar surface area (TPSA) is 55.1 Å². The zero-order valence-electron chi connectivity index (χ0n) is 30.2. The minimum absolute atomic E-state index is 0.0474. The van der Waals surface area contributed by atoms with Gasteiger partial charge in [0.05, 0.1) is 22.7 Å². The monoisotopic (exact) mass is 716 g/mol. The number of fused-ring (bicyclic) bond motifs is 12. The maximum absolute atomic E-state index is 7.04. The summed E-state index contributed by atoms with van der Waals surface area (Å²) < 4.78 is 7.04. The molecule has 0 fully saturated rings. The first-order valence-corrected chi connectivity index (χ1v) is 19.1. The van der Waals surface area contributed by atoms with E-state index in [9.17, 15) is 0 Å². The summed E-state index contributed by atoms with van der Waals surface area (Å²) in [5.74, 6) is 1.94. The van der Waals surface area contributed by atoms with Gasteiger partial charge < -0.3 is 9.32 Å². The molecule has 5 heteroatoms. The number of hydrogen-bond donors (Lipinski definition) is 0. The smallest absolute Gasteiger partial charge is 0.167 e. The van der Waals surface area contributed by atoms with Gasteiger partial charge in [0.2, 0.25) is 0 Å². The van der Waals surface area contributed by atoms with Crippen molar-refractivity contribution in [2.75, 3.05) is 4.90 Å². The molecule has 0 radical (unpaired) electrons. The van der Waals surface area contributed by atoms with Crippen molar-refractivity contribution in [3.8, 4) is 34.2 Å². The van der Waals surface area contributed by atoms with E-state index in [2.05, 4.69) is 126 Å². The molecule has 0 spiro atoms. The van der Waals surface area contributed by atoms with Gasteiger partial charge >= 0.3 is 0 Å². The van der Waals surface area contributed by atoms with Crippen molar-refractivity contribution in [3.63, 3.8) is 0 Å². The Labute approximate surface area is 322 Å². The van der Waals surface area contributed by atoms with E-state index in [1.54, 1.807) is 0 Å². The number of rotatable bonds is 4. The Balaban J connectivity index is 1.17.